The summed E-state index contributed by atoms with van der Waals surface area (Å²) in [4.78, 5) is 25.5. The molecule has 2 aromatic rings. The van der Waals surface area contributed by atoms with E-state index in [1.165, 1.54) is 0 Å². The number of anilines is 1. The highest BCUT2D eigenvalue weighted by molar-refractivity contribution is 5.89. The predicted molar refractivity (Wildman–Crippen MR) is 99.3 cm³/mol. The van der Waals surface area contributed by atoms with Crippen molar-refractivity contribution in [2.75, 3.05) is 31.5 Å². The van der Waals surface area contributed by atoms with Crippen molar-refractivity contribution in [1.82, 2.24) is 30.4 Å². The number of benzene rings is 1. The first-order valence-electron chi connectivity index (χ1n) is 8.95. The maximum absolute atomic E-state index is 12.0. The molecule has 27 heavy (non-hydrogen) atoms. The molecule has 144 valence electrons. The SMILES string of the molecule is Cc1nnnn1-c1ccc(NC(=O)NCCN2CCC[C@@H](C(N)=O)C2)cc1. The van der Waals surface area contributed by atoms with E-state index >= 15 is 0 Å². The van der Waals surface area contributed by atoms with Crippen LogP contribution in [0.5, 0.6) is 0 Å². The van der Waals surface area contributed by atoms with E-state index < -0.39 is 0 Å². The molecule has 3 amide bonds. The number of likely N-dealkylation sites (tertiary alicyclic amines) is 1. The van der Waals surface area contributed by atoms with E-state index in [4.69, 9.17) is 5.73 Å². The third-order valence-corrected chi connectivity index (χ3v) is 4.62. The van der Waals surface area contributed by atoms with E-state index in [2.05, 4.69) is 31.1 Å². The Kier molecular flexibility index (Phi) is 5.97. The van der Waals surface area contributed by atoms with E-state index in [0.29, 0.717) is 31.1 Å². The lowest BCUT2D eigenvalue weighted by molar-refractivity contribution is -0.123. The van der Waals surface area contributed by atoms with E-state index in [1.807, 2.05) is 19.1 Å². The van der Waals surface area contributed by atoms with Gasteiger partial charge in [-0.2, -0.15) is 4.68 Å². The highest BCUT2D eigenvalue weighted by atomic mass is 16.2. The van der Waals surface area contributed by atoms with Crippen molar-refractivity contribution in [1.29, 1.82) is 0 Å². The van der Waals surface area contributed by atoms with Gasteiger partial charge in [-0.3, -0.25) is 4.79 Å². The van der Waals surface area contributed by atoms with Gasteiger partial charge in [-0.15, -0.1) is 5.10 Å². The number of carbonyl (C=O) groups excluding carboxylic acids is 2. The summed E-state index contributed by atoms with van der Waals surface area (Å²) in [5, 5.41) is 17.0. The first-order valence-corrected chi connectivity index (χ1v) is 8.95. The minimum Gasteiger partial charge on any atom is -0.369 e. The van der Waals surface area contributed by atoms with Crippen LogP contribution in [0.15, 0.2) is 24.3 Å². The average molecular weight is 372 g/mol. The topological polar surface area (TPSA) is 131 Å². The Morgan fingerprint density at radius 1 is 1.30 bits per heavy atom. The van der Waals surface area contributed by atoms with Crippen molar-refractivity contribution in [3.63, 3.8) is 0 Å². The standard InChI is InChI=1S/C17H24N8O2/c1-12-21-22-23-25(12)15-6-4-14(5-7-15)20-17(27)19-8-10-24-9-2-3-13(11-24)16(18)26/h4-7,13H,2-3,8-11H2,1H3,(H2,18,26)(H2,19,20,27)/t13-/m1/s1. The lowest BCUT2D eigenvalue weighted by Crippen LogP contribution is -2.44. The van der Waals surface area contributed by atoms with Crippen molar-refractivity contribution in [2.45, 2.75) is 19.8 Å². The molecule has 0 radical (unpaired) electrons. The third-order valence-electron chi connectivity index (χ3n) is 4.62. The Morgan fingerprint density at radius 3 is 2.74 bits per heavy atom. The van der Waals surface area contributed by atoms with Crippen LogP contribution in [0.4, 0.5) is 10.5 Å². The summed E-state index contributed by atoms with van der Waals surface area (Å²) >= 11 is 0. The molecule has 0 spiro atoms. The zero-order chi connectivity index (χ0) is 19.2. The van der Waals surface area contributed by atoms with Crippen molar-refractivity contribution < 1.29 is 9.59 Å². The molecule has 1 atom stereocenters. The molecular formula is C17H24N8O2. The number of tetrazole rings is 1. The predicted octanol–water partition coefficient (Wildman–Crippen LogP) is 0.290. The molecule has 0 aliphatic carbocycles. The van der Waals surface area contributed by atoms with Gasteiger partial charge in [0.2, 0.25) is 5.91 Å². The van der Waals surface area contributed by atoms with Crippen LogP contribution in [0.1, 0.15) is 18.7 Å². The Bertz CT molecular complexity index is 788. The van der Waals surface area contributed by atoms with E-state index in [-0.39, 0.29) is 17.9 Å². The summed E-state index contributed by atoms with van der Waals surface area (Å²) in [7, 11) is 0. The number of urea groups is 1. The fraction of sp³-hybridized carbons (Fsp3) is 0.471. The number of nitrogens with one attached hydrogen (secondary N) is 2. The molecule has 0 saturated carbocycles. The number of aryl methyl sites for hydroxylation is 1. The van der Waals surface area contributed by atoms with Gasteiger partial charge in [-0.25, -0.2) is 4.79 Å². The van der Waals surface area contributed by atoms with Gasteiger partial charge in [0.25, 0.3) is 0 Å². The molecular weight excluding hydrogens is 348 g/mol. The van der Waals surface area contributed by atoms with Crippen LogP contribution in [-0.2, 0) is 4.79 Å². The van der Waals surface area contributed by atoms with Gasteiger partial charge in [0, 0.05) is 25.3 Å². The zero-order valence-corrected chi connectivity index (χ0v) is 15.3. The smallest absolute Gasteiger partial charge is 0.319 e. The molecule has 10 heteroatoms. The van der Waals surface area contributed by atoms with Crippen LogP contribution in [0.2, 0.25) is 0 Å². The maximum atomic E-state index is 12.0. The van der Waals surface area contributed by atoms with Gasteiger partial charge < -0.3 is 21.3 Å². The van der Waals surface area contributed by atoms with Crippen LogP contribution in [-0.4, -0.2) is 63.2 Å². The molecule has 1 aliphatic heterocycles. The van der Waals surface area contributed by atoms with Crippen LogP contribution >= 0.6 is 0 Å². The normalized spacial score (nSPS) is 17.4. The second-order valence-corrected chi connectivity index (χ2v) is 6.61. The highest BCUT2D eigenvalue weighted by Crippen LogP contribution is 2.15. The number of amides is 3. The Hall–Kier alpha value is -3.01. The second-order valence-electron chi connectivity index (χ2n) is 6.61. The zero-order valence-electron chi connectivity index (χ0n) is 15.3. The van der Waals surface area contributed by atoms with E-state index in [0.717, 1.165) is 25.1 Å². The lowest BCUT2D eigenvalue weighted by Gasteiger charge is -2.31. The van der Waals surface area contributed by atoms with Crippen molar-refractivity contribution in [2.24, 2.45) is 11.7 Å². The Balaban J connectivity index is 1.43. The fourth-order valence-electron chi connectivity index (χ4n) is 3.15. The number of primary amides is 1. The van der Waals surface area contributed by atoms with Crippen LogP contribution in [0.3, 0.4) is 0 Å². The van der Waals surface area contributed by atoms with Gasteiger partial charge >= 0.3 is 6.03 Å². The molecule has 0 bridgehead atoms. The molecule has 1 saturated heterocycles. The minimum atomic E-state index is -0.273. The van der Waals surface area contributed by atoms with E-state index in [1.54, 1.807) is 16.8 Å². The van der Waals surface area contributed by atoms with Crippen molar-refractivity contribution >= 4 is 17.6 Å². The third kappa shape index (κ3) is 5.00. The van der Waals surface area contributed by atoms with Gasteiger partial charge in [0.05, 0.1) is 11.6 Å². The van der Waals surface area contributed by atoms with E-state index in [9.17, 15) is 9.59 Å². The molecule has 4 N–H and O–H groups in total. The van der Waals surface area contributed by atoms with Gasteiger partial charge in [0.15, 0.2) is 5.82 Å². The first kappa shape index (κ1) is 18.8. The number of hydrogen-bond acceptors (Lipinski definition) is 6. The molecule has 1 aromatic carbocycles. The minimum absolute atomic E-state index is 0.0880. The van der Waals surface area contributed by atoms with Gasteiger partial charge in [-0.05, 0) is 61.0 Å². The monoisotopic (exact) mass is 372 g/mol. The largest absolute Gasteiger partial charge is 0.369 e. The lowest BCUT2D eigenvalue weighted by atomic mass is 9.97. The summed E-state index contributed by atoms with van der Waals surface area (Å²) in [6.45, 7) is 4.59. The quantitative estimate of drug-likeness (QED) is 0.668. The number of aromatic nitrogens is 4. The fourth-order valence-corrected chi connectivity index (χ4v) is 3.15. The van der Waals surface area contributed by atoms with Gasteiger partial charge in [-0.1, -0.05) is 0 Å². The molecule has 1 aliphatic rings. The Labute approximate surface area is 157 Å². The molecule has 2 heterocycles. The van der Waals surface area contributed by atoms with Gasteiger partial charge in [0.1, 0.15) is 0 Å². The average Bonchev–Trinajstić information content (AvgIpc) is 3.08. The summed E-state index contributed by atoms with van der Waals surface area (Å²) in [5.41, 5.74) is 6.88. The van der Waals surface area contributed by atoms with Crippen molar-refractivity contribution in [3.8, 4) is 5.69 Å². The molecule has 3 rings (SSSR count). The second kappa shape index (κ2) is 8.58. The molecule has 10 nitrogen and oxygen atoms in total. The van der Waals surface area contributed by atoms with Crippen molar-refractivity contribution in [3.05, 3.63) is 30.1 Å². The number of carbonyl (C=O) groups is 2. The summed E-state index contributed by atoms with van der Waals surface area (Å²) in [6, 6.07) is 6.97. The van der Waals surface area contributed by atoms with Crippen LogP contribution in [0, 0.1) is 12.8 Å². The number of rotatable bonds is 6. The number of piperidine rings is 1. The Morgan fingerprint density at radius 2 is 2.07 bits per heavy atom. The first-order chi connectivity index (χ1) is 13.0. The molecule has 1 fully saturated rings. The number of nitrogens with two attached hydrogens (primary N) is 1. The summed E-state index contributed by atoms with van der Waals surface area (Å²) in [6.07, 6.45) is 1.80. The number of hydrogen-bond donors (Lipinski definition) is 3. The molecule has 1 aromatic heterocycles. The highest BCUT2D eigenvalue weighted by Gasteiger charge is 2.23. The van der Waals surface area contributed by atoms with Crippen LogP contribution in [0.25, 0.3) is 5.69 Å². The summed E-state index contributed by atoms with van der Waals surface area (Å²) in [5.74, 6) is 0.352. The summed E-state index contributed by atoms with van der Waals surface area (Å²) < 4.78 is 1.61. The van der Waals surface area contributed by atoms with Crippen LogP contribution < -0.4 is 16.4 Å². The molecule has 0 unspecified atom stereocenters. The maximum Gasteiger partial charge on any atom is 0.319 e. The number of nitrogens with zero attached hydrogens (tertiary/aromatic N) is 5.